The first-order chi connectivity index (χ1) is 16.3. The van der Waals surface area contributed by atoms with Crippen LogP contribution in [0.5, 0.6) is 17.2 Å². The molecule has 0 saturated carbocycles. The number of hydrogen-bond acceptors (Lipinski definition) is 7. The maximum atomic E-state index is 13.4. The van der Waals surface area contributed by atoms with E-state index >= 15 is 0 Å². The predicted octanol–water partition coefficient (Wildman–Crippen LogP) is 2.00. The smallest absolute Gasteiger partial charge is 0.352 e. The van der Waals surface area contributed by atoms with Gasteiger partial charge in [-0.3, -0.25) is 14.2 Å². The van der Waals surface area contributed by atoms with Crippen molar-refractivity contribution in [3.63, 3.8) is 0 Å². The molecule has 0 bridgehead atoms. The number of methoxy groups -OCH3 is 3. The van der Waals surface area contributed by atoms with Crippen LogP contribution in [-0.2, 0) is 6.54 Å². The predicted molar refractivity (Wildman–Crippen MR) is 127 cm³/mol. The summed E-state index contributed by atoms with van der Waals surface area (Å²) in [6.45, 7) is 3.65. The number of nitrogens with one attached hydrogen (secondary N) is 1. The Morgan fingerprint density at radius 3 is 2.41 bits per heavy atom. The van der Waals surface area contributed by atoms with Gasteiger partial charge in [-0.1, -0.05) is 19.1 Å². The van der Waals surface area contributed by atoms with E-state index in [1.807, 2.05) is 13.8 Å². The van der Waals surface area contributed by atoms with E-state index in [1.54, 1.807) is 42.5 Å². The van der Waals surface area contributed by atoms with Gasteiger partial charge in [0, 0.05) is 12.1 Å². The number of carbonyl (C=O) groups excluding carboxylic acids is 1. The zero-order chi connectivity index (χ0) is 24.8. The summed E-state index contributed by atoms with van der Waals surface area (Å²) >= 11 is 0. The van der Waals surface area contributed by atoms with Gasteiger partial charge in [-0.15, -0.1) is 0 Å². The Balaban J connectivity index is 2.22. The lowest BCUT2D eigenvalue weighted by atomic mass is 10.2. The van der Waals surface area contributed by atoms with Crippen LogP contribution in [0.1, 0.15) is 36.3 Å². The second-order valence-corrected chi connectivity index (χ2v) is 7.61. The second-order valence-electron chi connectivity index (χ2n) is 7.61. The molecule has 34 heavy (non-hydrogen) atoms. The molecule has 1 atom stereocenters. The quantitative estimate of drug-likeness (QED) is 0.511. The van der Waals surface area contributed by atoms with Crippen molar-refractivity contribution < 1.29 is 19.0 Å². The van der Waals surface area contributed by atoms with Crippen molar-refractivity contribution in [3.05, 3.63) is 74.6 Å². The summed E-state index contributed by atoms with van der Waals surface area (Å²) in [7, 11) is 4.49. The Kier molecular flexibility index (Phi) is 7.72. The molecule has 0 aliphatic carbocycles. The Labute approximate surface area is 196 Å². The lowest BCUT2D eigenvalue weighted by molar-refractivity contribution is 0.0929. The van der Waals surface area contributed by atoms with Crippen molar-refractivity contribution in [1.82, 2.24) is 19.7 Å². The first-order valence-corrected chi connectivity index (χ1v) is 10.7. The number of carbonyl (C=O) groups is 1. The number of hydrogen-bond donors (Lipinski definition) is 1. The summed E-state index contributed by atoms with van der Waals surface area (Å²) in [5, 5.41) is 6.87. The lowest BCUT2D eigenvalue weighted by Gasteiger charge is -2.15. The van der Waals surface area contributed by atoms with Crippen LogP contribution in [-0.4, -0.2) is 47.6 Å². The highest BCUT2D eigenvalue weighted by molar-refractivity contribution is 5.91. The Morgan fingerprint density at radius 2 is 1.76 bits per heavy atom. The molecule has 1 heterocycles. The van der Waals surface area contributed by atoms with Crippen molar-refractivity contribution in [1.29, 1.82) is 0 Å². The molecule has 0 spiro atoms. The van der Waals surface area contributed by atoms with Crippen LogP contribution in [0.15, 0.2) is 52.1 Å². The van der Waals surface area contributed by atoms with Crippen LogP contribution in [0.2, 0.25) is 0 Å². The molecule has 10 heteroatoms. The molecule has 3 aromatic rings. The van der Waals surface area contributed by atoms with Crippen LogP contribution in [0.4, 0.5) is 0 Å². The minimum absolute atomic E-state index is 0.0751. The third-order valence-electron chi connectivity index (χ3n) is 5.35. The third kappa shape index (κ3) is 5.11. The minimum Gasteiger partial charge on any atom is -0.497 e. The number of aromatic nitrogens is 3. The van der Waals surface area contributed by atoms with Crippen molar-refractivity contribution in [2.75, 3.05) is 21.3 Å². The average molecular weight is 469 g/mol. The summed E-state index contributed by atoms with van der Waals surface area (Å²) in [6, 6.07) is 11.5. The van der Waals surface area contributed by atoms with Crippen LogP contribution in [0.25, 0.3) is 5.69 Å². The van der Waals surface area contributed by atoms with Gasteiger partial charge in [0.25, 0.3) is 11.5 Å². The van der Waals surface area contributed by atoms with Crippen molar-refractivity contribution in [2.24, 2.45) is 0 Å². The molecule has 1 N–H and O–H groups in total. The van der Waals surface area contributed by atoms with E-state index in [1.165, 1.54) is 21.3 Å². The van der Waals surface area contributed by atoms with Crippen molar-refractivity contribution in [3.8, 4) is 22.9 Å². The molecular formula is C24H28N4O6. The van der Waals surface area contributed by atoms with E-state index in [4.69, 9.17) is 14.2 Å². The molecule has 180 valence electrons. The van der Waals surface area contributed by atoms with Crippen molar-refractivity contribution in [2.45, 2.75) is 32.9 Å². The van der Waals surface area contributed by atoms with Crippen LogP contribution < -0.4 is 30.8 Å². The third-order valence-corrected chi connectivity index (χ3v) is 5.35. The fourth-order valence-corrected chi connectivity index (χ4v) is 3.27. The highest BCUT2D eigenvalue weighted by Gasteiger charge is 2.22. The molecule has 10 nitrogen and oxygen atoms in total. The highest BCUT2D eigenvalue weighted by Crippen LogP contribution is 2.28. The largest absolute Gasteiger partial charge is 0.497 e. The Hall–Kier alpha value is -4.08. The molecule has 0 saturated heterocycles. The zero-order valence-electron chi connectivity index (χ0n) is 19.8. The van der Waals surface area contributed by atoms with Gasteiger partial charge in [0.1, 0.15) is 5.75 Å². The summed E-state index contributed by atoms with van der Waals surface area (Å²) in [5.41, 5.74) is -0.931. The van der Waals surface area contributed by atoms with Gasteiger partial charge in [-0.05, 0) is 43.2 Å². The summed E-state index contributed by atoms with van der Waals surface area (Å²) in [5.74, 6) is 0.742. The van der Waals surface area contributed by atoms with E-state index in [0.29, 0.717) is 34.9 Å². The Bertz CT molecular complexity index is 1300. The SMILES string of the molecule is CC[C@H](C)NC(=O)c1nn(-c2ccc(OC)c(OC)c2)c(=O)n(Cc2cccc(OC)c2)c1=O. The first kappa shape index (κ1) is 24.6. The van der Waals surface area contributed by atoms with Gasteiger partial charge < -0.3 is 19.5 Å². The second kappa shape index (κ2) is 10.7. The molecule has 0 aliphatic heterocycles. The molecule has 3 rings (SSSR count). The molecule has 0 aliphatic rings. The van der Waals surface area contributed by atoms with Gasteiger partial charge in [0.05, 0.1) is 33.6 Å². The van der Waals surface area contributed by atoms with Crippen LogP contribution in [0, 0.1) is 0 Å². The van der Waals surface area contributed by atoms with Gasteiger partial charge in [0.2, 0.25) is 5.69 Å². The highest BCUT2D eigenvalue weighted by atomic mass is 16.5. The standard InChI is InChI=1S/C24H28N4O6/c1-6-15(2)25-22(29)21-23(30)27(14-16-8-7-9-18(12-16)32-3)24(31)28(26-21)17-10-11-19(33-4)20(13-17)34-5/h7-13,15H,6,14H2,1-5H3,(H,25,29)/t15-/m0/s1. The Morgan fingerprint density at radius 1 is 1.03 bits per heavy atom. The lowest BCUT2D eigenvalue weighted by Crippen LogP contribution is -2.47. The number of nitrogens with zero attached hydrogens (tertiary/aromatic N) is 3. The topological polar surface area (TPSA) is 114 Å². The van der Waals surface area contributed by atoms with Gasteiger partial charge in [0.15, 0.2) is 11.5 Å². The molecular weight excluding hydrogens is 440 g/mol. The van der Waals surface area contributed by atoms with E-state index < -0.39 is 22.9 Å². The van der Waals surface area contributed by atoms with E-state index in [0.717, 1.165) is 9.25 Å². The molecule has 0 unspecified atom stereocenters. The fraction of sp³-hybridized carbons (Fsp3) is 0.333. The number of ether oxygens (including phenoxy) is 3. The number of rotatable bonds is 9. The van der Waals surface area contributed by atoms with E-state index in [2.05, 4.69) is 10.4 Å². The fourth-order valence-electron chi connectivity index (χ4n) is 3.27. The monoisotopic (exact) mass is 468 g/mol. The minimum atomic E-state index is -0.787. The summed E-state index contributed by atoms with van der Waals surface area (Å²) in [6.07, 6.45) is 0.666. The molecule has 1 aromatic heterocycles. The maximum Gasteiger partial charge on any atom is 0.352 e. The molecule has 0 fully saturated rings. The molecule has 1 amide bonds. The van der Waals surface area contributed by atoms with E-state index in [-0.39, 0.29) is 12.6 Å². The van der Waals surface area contributed by atoms with Crippen LogP contribution >= 0.6 is 0 Å². The van der Waals surface area contributed by atoms with Gasteiger partial charge in [-0.2, -0.15) is 9.78 Å². The van der Waals surface area contributed by atoms with Crippen molar-refractivity contribution >= 4 is 5.91 Å². The van der Waals surface area contributed by atoms with Crippen LogP contribution in [0.3, 0.4) is 0 Å². The van der Waals surface area contributed by atoms with E-state index in [9.17, 15) is 14.4 Å². The number of benzene rings is 2. The average Bonchev–Trinajstić information content (AvgIpc) is 2.86. The normalized spacial score (nSPS) is 11.6. The zero-order valence-corrected chi connectivity index (χ0v) is 19.8. The number of amides is 1. The maximum absolute atomic E-state index is 13.4. The molecule has 0 radical (unpaired) electrons. The molecule has 2 aromatic carbocycles. The first-order valence-electron chi connectivity index (χ1n) is 10.7. The van der Waals surface area contributed by atoms with Gasteiger partial charge >= 0.3 is 5.69 Å². The summed E-state index contributed by atoms with van der Waals surface area (Å²) < 4.78 is 17.8. The van der Waals surface area contributed by atoms with Gasteiger partial charge in [-0.25, -0.2) is 4.79 Å². The summed E-state index contributed by atoms with van der Waals surface area (Å²) in [4.78, 5) is 39.5.